The van der Waals surface area contributed by atoms with Gasteiger partial charge in [0.15, 0.2) is 5.78 Å². The van der Waals surface area contributed by atoms with Crippen LogP contribution in [0.15, 0.2) is 42.5 Å². The SMILES string of the molecule is COc1cc(OC)c(C=CC(=O)c2ccccc2)c(O)c1I. The third-order valence-electron chi connectivity index (χ3n) is 3.11. The van der Waals surface area contributed by atoms with Crippen LogP contribution in [-0.2, 0) is 0 Å². The fraction of sp³-hybridized carbons (Fsp3) is 0.118. The van der Waals surface area contributed by atoms with Gasteiger partial charge in [0.1, 0.15) is 17.2 Å². The van der Waals surface area contributed by atoms with E-state index in [0.29, 0.717) is 26.2 Å². The van der Waals surface area contributed by atoms with Crippen LogP contribution in [0.3, 0.4) is 0 Å². The Morgan fingerprint density at radius 1 is 1.14 bits per heavy atom. The van der Waals surface area contributed by atoms with E-state index in [4.69, 9.17) is 9.47 Å². The highest BCUT2D eigenvalue weighted by Crippen LogP contribution is 2.39. The Morgan fingerprint density at radius 2 is 1.77 bits per heavy atom. The summed E-state index contributed by atoms with van der Waals surface area (Å²) in [4.78, 5) is 12.1. The molecule has 0 unspecified atom stereocenters. The Balaban J connectivity index is 2.39. The number of carbonyl (C=O) groups is 1. The average Bonchev–Trinajstić information content (AvgIpc) is 2.56. The van der Waals surface area contributed by atoms with Crippen LogP contribution in [0, 0.1) is 3.57 Å². The maximum atomic E-state index is 12.1. The van der Waals surface area contributed by atoms with E-state index in [2.05, 4.69) is 0 Å². The van der Waals surface area contributed by atoms with Gasteiger partial charge in [-0.25, -0.2) is 0 Å². The normalized spacial score (nSPS) is 10.7. The van der Waals surface area contributed by atoms with Crippen LogP contribution in [-0.4, -0.2) is 25.1 Å². The van der Waals surface area contributed by atoms with E-state index >= 15 is 0 Å². The summed E-state index contributed by atoms with van der Waals surface area (Å²) in [6, 6.07) is 10.6. The second kappa shape index (κ2) is 7.31. The summed E-state index contributed by atoms with van der Waals surface area (Å²) in [6.45, 7) is 0. The average molecular weight is 410 g/mol. The van der Waals surface area contributed by atoms with E-state index in [9.17, 15) is 9.90 Å². The topological polar surface area (TPSA) is 55.8 Å². The van der Waals surface area contributed by atoms with Crippen LogP contribution in [0.5, 0.6) is 17.2 Å². The highest BCUT2D eigenvalue weighted by Gasteiger charge is 2.15. The lowest BCUT2D eigenvalue weighted by molar-refractivity contribution is 0.104. The van der Waals surface area contributed by atoms with E-state index in [1.807, 2.05) is 28.7 Å². The monoisotopic (exact) mass is 410 g/mol. The molecule has 2 aromatic rings. The molecule has 1 N–H and O–H groups in total. The minimum Gasteiger partial charge on any atom is -0.506 e. The Morgan fingerprint density at radius 3 is 2.36 bits per heavy atom. The predicted molar refractivity (Wildman–Crippen MR) is 93.7 cm³/mol. The first-order valence-corrected chi connectivity index (χ1v) is 7.57. The minimum absolute atomic E-state index is 0.0221. The molecule has 0 radical (unpaired) electrons. The zero-order chi connectivity index (χ0) is 16.1. The molecule has 22 heavy (non-hydrogen) atoms. The molecule has 2 rings (SSSR count). The molecule has 0 aliphatic heterocycles. The van der Waals surface area contributed by atoms with Crippen LogP contribution in [0.25, 0.3) is 6.08 Å². The van der Waals surface area contributed by atoms with Gasteiger partial charge in [0, 0.05) is 11.6 Å². The van der Waals surface area contributed by atoms with Crippen molar-refractivity contribution in [1.82, 2.24) is 0 Å². The lowest BCUT2D eigenvalue weighted by Crippen LogP contribution is -1.96. The number of phenols is 1. The van der Waals surface area contributed by atoms with E-state index < -0.39 is 0 Å². The van der Waals surface area contributed by atoms with Crippen molar-refractivity contribution in [2.45, 2.75) is 0 Å². The number of rotatable bonds is 5. The van der Waals surface area contributed by atoms with Crippen molar-refractivity contribution in [2.24, 2.45) is 0 Å². The first kappa shape index (κ1) is 16.4. The molecule has 114 valence electrons. The van der Waals surface area contributed by atoms with Gasteiger partial charge in [-0.15, -0.1) is 0 Å². The summed E-state index contributed by atoms with van der Waals surface area (Å²) in [5.41, 5.74) is 1.03. The lowest BCUT2D eigenvalue weighted by atomic mass is 10.1. The fourth-order valence-corrected chi connectivity index (χ4v) is 2.61. The molecular formula is C17H15IO4. The molecule has 0 saturated heterocycles. The summed E-state index contributed by atoms with van der Waals surface area (Å²) in [6.07, 6.45) is 2.96. The van der Waals surface area contributed by atoms with Crippen molar-refractivity contribution in [1.29, 1.82) is 0 Å². The Kier molecular flexibility index (Phi) is 5.43. The van der Waals surface area contributed by atoms with E-state index in [1.54, 1.807) is 36.4 Å². The van der Waals surface area contributed by atoms with Crippen LogP contribution >= 0.6 is 22.6 Å². The molecule has 2 aromatic carbocycles. The molecule has 0 aliphatic carbocycles. The quantitative estimate of drug-likeness (QED) is 0.462. The number of aromatic hydroxyl groups is 1. The Hall–Kier alpha value is -2.02. The number of hydrogen-bond acceptors (Lipinski definition) is 4. The second-order valence-corrected chi connectivity index (χ2v) is 5.50. The Bertz CT molecular complexity index is 708. The van der Waals surface area contributed by atoms with Gasteiger partial charge in [-0.05, 0) is 34.7 Å². The van der Waals surface area contributed by atoms with Gasteiger partial charge in [0.05, 0.1) is 23.4 Å². The van der Waals surface area contributed by atoms with Gasteiger partial charge in [-0.3, -0.25) is 4.79 Å². The smallest absolute Gasteiger partial charge is 0.185 e. The van der Waals surface area contributed by atoms with E-state index in [-0.39, 0.29) is 11.5 Å². The number of carbonyl (C=O) groups excluding carboxylic acids is 1. The van der Waals surface area contributed by atoms with Crippen molar-refractivity contribution >= 4 is 34.5 Å². The standard InChI is InChI=1S/C17H15IO4/c1-21-14-10-15(22-2)16(18)17(20)12(14)8-9-13(19)11-6-4-3-5-7-11/h3-10,20H,1-2H3. The van der Waals surface area contributed by atoms with Crippen molar-refractivity contribution in [2.75, 3.05) is 14.2 Å². The largest absolute Gasteiger partial charge is 0.506 e. The number of benzene rings is 2. The summed E-state index contributed by atoms with van der Waals surface area (Å²) in [5, 5.41) is 10.3. The number of ether oxygens (including phenoxy) is 2. The molecule has 0 bridgehead atoms. The van der Waals surface area contributed by atoms with E-state index in [1.165, 1.54) is 20.3 Å². The summed E-state index contributed by atoms with van der Waals surface area (Å²) in [7, 11) is 3.02. The maximum absolute atomic E-state index is 12.1. The molecule has 4 nitrogen and oxygen atoms in total. The summed E-state index contributed by atoms with van der Waals surface area (Å²) >= 11 is 1.98. The van der Waals surface area contributed by atoms with Gasteiger partial charge in [-0.2, -0.15) is 0 Å². The predicted octanol–water partition coefficient (Wildman–Crippen LogP) is 3.91. The molecule has 0 amide bonds. The third-order valence-corrected chi connectivity index (χ3v) is 4.15. The summed E-state index contributed by atoms with van der Waals surface area (Å²) < 4.78 is 11.0. The number of halogens is 1. The molecule has 0 atom stereocenters. The maximum Gasteiger partial charge on any atom is 0.185 e. The molecule has 0 fully saturated rings. The number of allylic oxidation sites excluding steroid dienone is 1. The van der Waals surface area contributed by atoms with Gasteiger partial charge in [-0.1, -0.05) is 30.3 Å². The van der Waals surface area contributed by atoms with Crippen molar-refractivity contribution in [3.05, 3.63) is 57.2 Å². The highest BCUT2D eigenvalue weighted by atomic mass is 127. The van der Waals surface area contributed by atoms with Crippen LogP contribution in [0.2, 0.25) is 0 Å². The first-order chi connectivity index (χ1) is 10.6. The minimum atomic E-state index is -0.145. The van der Waals surface area contributed by atoms with Crippen molar-refractivity contribution in [3.63, 3.8) is 0 Å². The third kappa shape index (κ3) is 3.41. The number of hydrogen-bond donors (Lipinski definition) is 1. The number of ketones is 1. The van der Waals surface area contributed by atoms with Crippen molar-refractivity contribution < 1.29 is 19.4 Å². The molecular weight excluding hydrogens is 395 g/mol. The van der Waals surface area contributed by atoms with Gasteiger partial charge in [0.25, 0.3) is 0 Å². The molecule has 0 aliphatic rings. The first-order valence-electron chi connectivity index (χ1n) is 6.49. The number of methoxy groups -OCH3 is 2. The molecule has 0 spiro atoms. The second-order valence-electron chi connectivity index (χ2n) is 4.42. The zero-order valence-electron chi connectivity index (χ0n) is 12.2. The molecule has 0 aromatic heterocycles. The van der Waals surface area contributed by atoms with Crippen LogP contribution < -0.4 is 9.47 Å². The molecule has 0 heterocycles. The fourth-order valence-electron chi connectivity index (χ4n) is 1.95. The van der Waals surface area contributed by atoms with Gasteiger partial charge >= 0.3 is 0 Å². The lowest BCUT2D eigenvalue weighted by Gasteiger charge is -2.12. The highest BCUT2D eigenvalue weighted by molar-refractivity contribution is 14.1. The van der Waals surface area contributed by atoms with Gasteiger partial charge < -0.3 is 14.6 Å². The molecule has 5 heteroatoms. The zero-order valence-corrected chi connectivity index (χ0v) is 14.3. The molecule has 0 saturated carbocycles. The van der Waals surface area contributed by atoms with Crippen molar-refractivity contribution in [3.8, 4) is 17.2 Å². The van der Waals surface area contributed by atoms with Crippen LogP contribution in [0.4, 0.5) is 0 Å². The van der Waals surface area contributed by atoms with E-state index in [0.717, 1.165) is 0 Å². The van der Waals surface area contributed by atoms with Gasteiger partial charge in [0.2, 0.25) is 0 Å². The Labute approximate surface area is 142 Å². The van der Waals surface area contributed by atoms with Crippen LogP contribution in [0.1, 0.15) is 15.9 Å². The summed E-state index contributed by atoms with van der Waals surface area (Å²) in [5.74, 6) is 0.829. The number of phenolic OH excluding ortho intramolecular Hbond substituents is 1.